The molecule has 0 spiro atoms. The van der Waals surface area contributed by atoms with Crippen LogP contribution in [0.1, 0.15) is 84.8 Å². The lowest BCUT2D eigenvalue weighted by molar-refractivity contribution is -0.123. The molecule has 2 aliphatic carbocycles. The largest absolute Gasteiger partial charge is 0.493 e. The van der Waals surface area contributed by atoms with Gasteiger partial charge in [0.1, 0.15) is 5.75 Å². The van der Waals surface area contributed by atoms with Crippen molar-refractivity contribution in [3.63, 3.8) is 0 Å². The summed E-state index contributed by atoms with van der Waals surface area (Å²) in [6.45, 7) is 13.8. The summed E-state index contributed by atoms with van der Waals surface area (Å²) in [5, 5.41) is 3.21. The predicted octanol–water partition coefficient (Wildman–Crippen LogP) is 7.82. The topological polar surface area (TPSA) is 75.7 Å². The number of nitrogens with one attached hydrogen (secondary N) is 1. The summed E-state index contributed by atoms with van der Waals surface area (Å²) in [5.41, 5.74) is 3.39. The smallest absolute Gasteiger partial charge is 0.238 e. The summed E-state index contributed by atoms with van der Waals surface area (Å²) in [4.78, 5) is 40.6. The average Bonchev–Trinajstić information content (AvgIpc) is 3.65. The second-order valence-corrected chi connectivity index (χ2v) is 13.8. The van der Waals surface area contributed by atoms with E-state index in [0.29, 0.717) is 29.4 Å². The van der Waals surface area contributed by atoms with Gasteiger partial charge >= 0.3 is 0 Å². The number of hydrogen-bond acceptors (Lipinski definition) is 4. The molecule has 2 bridgehead atoms. The van der Waals surface area contributed by atoms with Crippen LogP contribution in [0, 0.1) is 23.7 Å². The van der Waals surface area contributed by atoms with Crippen LogP contribution < -0.4 is 15.0 Å². The van der Waals surface area contributed by atoms with Gasteiger partial charge in [0.25, 0.3) is 0 Å². The molecule has 4 atom stereocenters. The number of hydrogen-bond donors (Lipinski definition) is 1. The summed E-state index contributed by atoms with van der Waals surface area (Å²) in [5.74, 6) is -0.0549. The number of carbonyl (C=O) groups excluding carboxylic acids is 3. The van der Waals surface area contributed by atoms with Gasteiger partial charge in [0.15, 0.2) is 0 Å². The number of anilines is 2. The van der Waals surface area contributed by atoms with E-state index < -0.39 is 0 Å². The molecule has 3 aliphatic rings. The maximum Gasteiger partial charge on any atom is 0.238 e. The van der Waals surface area contributed by atoms with Crippen LogP contribution in [0.5, 0.6) is 5.75 Å². The number of carbonyl (C=O) groups is 3. The Hall–Kier alpha value is -3.12. The molecular weight excluding hydrogens is 548 g/mol. The molecule has 2 aromatic carbocycles. The fraction of sp³-hybridized carbons (Fsp3) is 0.514. The van der Waals surface area contributed by atoms with Crippen LogP contribution in [0.4, 0.5) is 11.4 Å². The van der Waals surface area contributed by atoms with Gasteiger partial charge in [-0.15, -0.1) is 0 Å². The maximum atomic E-state index is 13.3. The minimum atomic E-state index is -0.306. The van der Waals surface area contributed by atoms with Crippen LogP contribution in [0.15, 0.2) is 48.6 Å². The van der Waals surface area contributed by atoms with Gasteiger partial charge in [0.05, 0.1) is 29.2 Å². The Balaban J connectivity index is 1.20. The van der Waals surface area contributed by atoms with Crippen LogP contribution in [0.25, 0.3) is 0 Å². The van der Waals surface area contributed by atoms with E-state index in [0.717, 1.165) is 25.0 Å². The van der Waals surface area contributed by atoms with Gasteiger partial charge < -0.3 is 10.1 Å². The average molecular weight is 591 g/mol. The molecule has 1 saturated carbocycles. The second-order valence-electron chi connectivity index (χ2n) is 13.4. The van der Waals surface area contributed by atoms with Crippen LogP contribution in [-0.2, 0) is 25.2 Å². The Bertz CT molecular complexity index is 1400. The summed E-state index contributed by atoms with van der Waals surface area (Å²) in [7, 11) is 0. The molecule has 3 amide bonds. The first kappa shape index (κ1) is 30.3. The molecule has 0 radical (unpaired) electrons. The highest BCUT2D eigenvalue weighted by Crippen LogP contribution is 2.53. The molecule has 1 saturated heterocycles. The number of amides is 3. The van der Waals surface area contributed by atoms with E-state index in [-0.39, 0.29) is 58.6 Å². The van der Waals surface area contributed by atoms with Crippen LogP contribution in [-0.4, -0.2) is 24.3 Å². The molecule has 224 valence electrons. The second kappa shape index (κ2) is 11.5. The van der Waals surface area contributed by atoms with Gasteiger partial charge in [0.2, 0.25) is 17.7 Å². The molecule has 2 fully saturated rings. The maximum absolute atomic E-state index is 13.3. The number of rotatable bonds is 11. The van der Waals surface area contributed by atoms with Crippen molar-refractivity contribution < 1.29 is 19.1 Å². The van der Waals surface area contributed by atoms with E-state index in [1.165, 1.54) is 16.0 Å². The van der Waals surface area contributed by atoms with Crippen molar-refractivity contribution in [2.24, 2.45) is 23.7 Å². The Morgan fingerprint density at radius 2 is 1.60 bits per heavy atom. The van der Waals surface area contributed by atoms with E-state index in [1.807, 2.05) is 0 Å². The standard InChI is InChI=1S/C35H43ClN2O4/c1-7-34(3,4)23-13-16-28(25(19-23)35(5,6)8-2)42-17-9-10-29(39)37-24-14-15-26(36)27(20-24)38-32(40)30-21-11-12-22(18-21)31(30)33(38)41/h11-16,19-22,30-31H,7-10,17-18H2,1-6H3,(H,37,39)/t21-,22+,30+,31-. The third kappa shape index (κ3) is 5.50. The van der Waals surface area contributed by atoms with Crippen molar-refractivity contribution in [1.82, 2.24) is 0 Å². The molecule has 1 N–H and O–H groups in total. The zero-order valence-corrected chi connectivity index (χ0v) is 26.4. The molecule has 0 aromatic heterocycles. The summed E-state index contributed by atoms with van der Waals surface area (Å²) >= 11 is 6.46. The molecule has 0 unspecified atom stereocenters. The molecule has 2 aromatic rings. The summed E-state index contributed by atoms with van der Waals surface area (Å²) < 4.78 is 6.23. The van der Waals surface area contributed by atoms with Gasteiger partial charge in [-0.2, -0.15) is 0 Å². The Morgan fingerprint density at radius 3 is 2.21 bits per heavy atom. The number of benzene rings is 2. The molecule has 5 rings (SSSR count). The Labute approximate surface area is 254 Å². The number of halogens is 1. The zero-order valence-electron chi connectivity index (χ0n) is 25.6. The van der Waals surface area contributed by atoms with Gasteiger partial charge in [-0.05, 0) is 78.2 Å². The Kier molecular flexibility index (Phi) is 8.32. The van der Waals surface area contributed by atoms with Crippen molar-refractivity contribution >= 4 is 40.7 Å². The predicted molar refractivity (Wildman–Crippen MR) is 168 cm³/mol. The fourth-order valence-corrected chi connectivity index (χ4v) is 6.74. The lowest BCUT2D eigenvalue weighted by Gasteiger charge is -2.30. The van der Waals surface area contributed by atoms with Crippen molar-refractivity contribution in [3.8, 4) is 5.75 Å². The first-order valence-corrected chi connectivity index (χ1v) is 15.7. The Morgan fingerprint density at radius 1 is 0.952 bits per heavy atom. The fourth-order valence-electron chi connectivity index (χ4n) is 6.54. The number of fused-ring (bicyclic) bond motifs is 5. The highest BCUT2D eigenvalue weighted by Gasteiger charge is 2.59. The molecule has 7 heteroatoms. The van der Waals surface area contributed by atoms with Gasteiger partial charge in [0, 0.05) is 17.7 Å². The summed E-state index contributed by atoms with van der Waals surface area (Å²) in [6.07, 6.45) is 7.85. The lowest BCUT2D eigenvalue weighted by atomic mass is 9.76. The van der Waals surface area contributed by atoms with E-state index in [9.17, 15) is 14.4 Å². The highest BCUT2D eigenvalue weighted by molar-refractivity contribution is 6.36. The molecule has 42 heavy (non-hydrogen) atoms. The van der Waals surface area contributed by atoms with E-state index in [4.69, 9.17) is 16.3 Å². The third-order valence-corrected chi connectivity index (χ3v) is 10.3. The highest BCUT2D eigenvalue weighted by atomic mass is 35.5. The normalized spacial score (nSPS) is 23.1. The van der Waals surface area contributed by atoms with Gasteiger partial charge in [-0.3, -0.25) is 14.4 Å². The minimum absolute atomic E-state index is 0.0360. The SMILES string of the molecule is CCC(C)(C)c1ccc(OCCCC(=O)Nc2ccc(Cl)c(N3C(=O)[C@@H]4[C@H](C3=O)[C@H]3C=C[C@@H]4C3)c2)c(C(C)(C)CC)c1. The first-order chi connectivity index (χ1) is 19.9. The van der Waals surface area contributed by atoms with Crippen LogP contribution in [0.2, 0.25) is 5.02 Å². The molecule has 6 nitrogen and oxygen atoms in total. The number of allylic oxidation sites excluding steroid dienone is 2. The zero-order chi connectivity index (χ0) is 30.4. The van der Waals surface area contributed by atoms with Crippen molar-refractivity contribution in [2.75, 3.05) is 16.8 Å². The first-order valence-electron chi connectivity index (χ1n) is 15.3. The molecule has 1 heterocycles. The number of imide groups is 1. The molecular formula is C35H43ClN2O4. The lowest BCUT2D eigenvalue weighted by Crippen LogP contribution is -2.33. The van der Waals surface area contributed by atoms with Crippen LogP contribution in [0.3, 0.4) is 0 Å². The van der Waals surface area contributed by atoms with E-state index in [2.05, 4.69) is 77.2 Å². The summed E-state index contributed by atoms with van der Waals surface area (Å²) in [6, 6.07) is 11.5. The number of nitrogens with zero attached hydrogens (tertiary/aromatic N) is 1. The van der Waals surface area contributed by atoms with Gasteiger partial charge in [-0.1, -0.05) is 77.4 Å². The van der Waals surface area contributed by atoms with Crippen molar-refractivity contribution in [3.05, 3.63) is 64.7 Å². The number of ether oxygens (including phenoxy) is 1. The van der Waals surface area contributed by atoms with Gasteiger partial charge in [-0.25, -0.2) is 4.90 Å². The third-order valence-electron chi connectivity index (χ3n) is 10.0. The molecule has 1 aliphatic heterocycles. The van der Waals surface area contributed by atoms with Crippen molar-refractivity contribution in [1.29, 1.82) is 0 Å². The van der Waals surface area contributed by atoms with Crippen LogP contribution >= 0.6 is 11.6 Å². The quantitative estimate of drug-likeness (QED) is 0.164. The minimum Gasteiger partial charge on any atom is -0.493 e. The van der Waals surface area contributed by atoms with E-state index in [1.54, 1.807) is 18.2 Å². The monoisotopic (exact) mass is 590 g/mol. The van der Waals surface area contributed by atoms with Crippen molar-refractivity contribution in [2.45, 2.75) is 84.5 Å². The van der Waals surface area contributed by atoms with E-state index >= 15 is 0 Å².